The number of halogens is 4. The zero-order valence-electron chi connectivity index (χ0n) is 6.47. The minimum atomic E-state index is -4.33. The van der Waals surface area contributed by atoms with Crippen LogP contribution in [0.15, 0.2) is 5.38 Å². The van der Waals surface area contributed by atoms with Crippen molar-refractivity contribution in [2.45, 2.75) is 12.6 Å². The van der Waals surface area contributed by atoms with Crippen LogP contribution in [-0.2, 0) is 12.6 Å². The van der Waals surface area contributed by atoms with E-state index in [0.717, 1.165) is 16.7 Å². The summed E-state index contributed by atoms with van der Waals surface area (Å²) in [5.41, 5.74) is 4.34. The monoisotopic (exact) mass is 232 g/mol. The number of hydrogen-bond donors (Lipinski definition) is 1. The molecule has 0 spiro atoms. The van der Waals surface area contributed by atoms with Crippen molar-refractivity contribution in [3.8, 4) is 0 Å². The molecule has 0 aliphatic carbocycles. The molecule has 0 aliphatic rings. The zero-order valence-corrected chi connectivity index (χ0v) is 8.10. The lowest BCUT2D eigenvalue weighted by Crippen LogP contribution is -2.07. The summed E-state index contributed by atoms with van der Waals surface area (Å²) in [6.45, 7) is 0.324. The van der Waals surface area contributed by atoms with Crippen LogP contribution in [0.25, 0.3) is 0 Å². The maximum absolute atomic E-state index is 12.0. The molecule has 0 aromatic carbocycles. The van der Waals surface area contributed by atoms with Gasteiger partial charge in [-0.25, -0.2) is 4.98 Å². The average Bonchev–Trinajstić information content (AvgIpc) is 2.35. The molecule has 1 aromatic rings. The Kier molecular flexibility index (Phi) is 4.66. The fourth-order valence-corrected chi connectivity index (χ4v) is 1.50. The van der Waals surface area contributed by atoms with E-state index in [0.29, 0.717) is 18.0 Å². The molecule has 76 valence electrons. The first-order chi connectivity index (χ1) is 5.54. The van der Waals surface area contributed by atoms with Crippen molar-refractivity contribution in [3.63, 3.8) is 0 Å². The number of rotatable bonds is 2. The molecule has 1 heterocycles. The maximum Gasteiger partial charge on any atom is 0.434 e. The number of aromatic nitrogens is 1. The lowest BCUT2D eigenvalue weighted by molar-refractivity contribution is -0.140. The van der Waals surface area contributed by atoms with Crippen LogP contribution in [0.2, 0.25) is 0 Å². The molecule has 0 amide bonds. The first kappa shape index (κ1) is 12.7. The minimum Gasteiger partial charge on any atom is -0.330 e. The van der Waals surface area contributed by atoms with Crippen LogP contribution < -0.4 is 5.73 Å². The van der Waals surface area contributed by atoms with Gasteiger partial charge in [-0.05, 0) is 6.54 Å². The Morgan fingerprint density at radius 1 is 1.46 bits per heavy atom. The lowest BCUT2D eigenvalue weighted by Gasteiger charge is -1.99. The molecule has 0 aliphatic heterocycles. The van der Waals surface area contributed by atoms with Gasteiger partial charge in [-0.2, -0.15) is 13.2 Å². The third-order valence-corrected chi connectivity index (χ3v) is 2.11. The lowest BCUT2D eigenvalue weighted by atomic mass is 10.4. The van der Waals surface area contributed by atoms with E-state index in [4.69, 9.17) is 5.73 Å². The predicted molar refractivity (Wildman–Crippen MR) is 47.1 cm³/mol. The molecule has 0 saturated heterocycles. The van der Waals surface area contributed by atoms with E-state index in [1.165, 1.54) is 0 Å². The van der Waals surface area contributed by atoms with E-state index < -0.39 is 11.9 Å². The quantitative estimate of drug-likeness (QED) is 0.848. The van der Waals surface area contributed by atoms with Crippen molar-refractivity contribution < 1.29 is 13.2 Å². The van der Waals surface area contributed by atoms with E-state index in [-0.39, 0.29) is 12.4 Å². The van der Waals surface area contributed by atoms with Crippen molar-refractivity contribution in [2.75, 3.05) is 6.54 Å². The van der Waals surface area contributed by atoms with Gasteiger partial charge in [0.25, 0.3) is 0 Å². The van der Waals surface area contributed by atoms with Crippen LogP contribution >= 0.6 is 23.7 Å². The van der Waals surface area contributed by atoms with Crippen LogP contribution in [-0.4, -0.2) is 11.5 Å². The van der Waals surface area contributed by atoms with Crippen LogP contribution in [0.4, 0.5) is 13.2 Å². The number of thiazole rings is 1. The SMILES string of the molecule is Cl.NCCc1nc(C(F)(F)F)cs1. The summed E-state index contributed by atoms with van der Waals surface area (Å²) >= 11 is 0.990. The topological polar surface area (TPSA) is 38.9 Å². The van der Waals surface area contributed by atoms with Crippen molar-refractivity contribution in [3.05, 3.63) is 16.1 Å². The summed E-state index contributed by atoms with van der Waals surface area (Å²) < 4.78 is 35.9. The van der Waals surface area contributed by atoms with Gasteiger partial charge in [-0.15, -0.1) is 23.7 Å². The highest BCUT2D eigenvalue weighted by molar-refractivity contribution is 7.09. The first-order valence-electron chi connectivity index (χ1n) is 3.25. The summed E-state index contributed by atoms with van der Waals surface area (Å²) in [5.74, 6) is 0. The minimum absolute atomic E-state index is 0. The van der Waals surface area contributed by atoms with E-state index in [9.17, 15) is 13.2 Å². The van der Waals surface area contributed by atoms with Crippen molar-refractivity contribution in [1.29, 1.82) is 0 Å². The molecule has 0 bridgehead atoms. The zero-order chi connectivity index (χ0) is 9.19. The Bertz CT molecular complexity index is 261. The Morgan fingerprint density at radius 2 is 2.08 bits per heavy atom. The summed E-state index contributed by atoms with van der Waals surface area (Å²) in [6.07, 6.45) is -3.93. The number of hydrogen-bond acceptors (Lipinski definition) is 3. The highest BCUT2D eigenvalue weighted by Crippen LogP contribution is 2.29. The Labute approximate surface area is 83.4 Å². The number of alkyl halides is 3. The van der Waals surface area contributed by atoms with E-state index in [2.05, 4.69) is 4.98 Å². The highest BCUT2D eigenvalue weighted by atomic mass is 35.5. The molecular formula is C6H8ClF3N2S. The van der Waals surface area contributed by atoms with E-state index >= 15 is 0 Å². The van der Waals surface area contributed by atoms with Gasteiger partial charge in [-0.3, -0.25) is 0 Å². The van der Waals surface area contributed by atoms with Gasteiger partial charge >= 0.3 is 6.18 Å². The van der Waals surface area contributed by atoms with Gasteiger partial charge in [0.15, 0.2) is 5.69 Å². The normalized spacial score (nSPS) is 11.1. The fraction of sp³-hybridized carbons (Fsp3) is 0.500. The molecule has 2 nitrogen and oxygen atoms in total. The fourth-order valence-electron chi connectivity index (χ4n) is 0.679. The Balaban J connectivity index is 0.00000144. The van der Waals surface area contributed by atoms with Crippen LogP contribution in [0, 0.1) is 0 Å². The maximum atomic E-state index is 12.0. The molecule has 0 fully saturated rings. The number of nitrogens with zero attached hydrogens (tertiary/aromatic N) is 1. The smallest absolute Gasteiger partial charge is 0.330 e. The average molecular weight is 233 g/mol. The second-order valence-corrected chi connectivity index (χ2v) is 3.11. The van der Waals surface area contributed by atoms with Crippen molar-refractivity contribution in [2.24, 2.45) is 5.73 Å². The molecule has 1 aromatic heterocycles. The van der Waals surface area contributed by atoms with Gasteiger partial charge in [0.1, 0.15) is 0 Å². The second-order valence-electron chi connectivity index (χ2n) is 2.16. The Hall–Kier alpha value is -0.330. The summed E-state index contributed by atoms with van der Waals surface area (Å²) in [7, 11) is 0. The van der Waals surface area contributed by atoms with Crippen molar-refractivity contribution in [1.82, 2.24) is 4.98 Å². The molecule has 0 saturated carbocycles. The molecule has 0 radical (unpaired) electrons. The second kappa shape index (κ2) is 4.78. The van der Waals surface area contributed by atoms with Gasteiger partial charge in [0.05, 0.1) is 5.01 Å². The summed E-state index contributed by atoms with van der Waals surface area (Å²) in [5, 5.41) is 1.44. The standard InChI is InChI=1S/C6H7F3N2S.ClH/c7-6(8,9)4-3-12-5(11-4)1-2-10;/h3H,1-2,10H2;1H. The predicted octanol–water partition coefficient (Wildman–Crippen LogP) is 2.08. The molecular weight excluding hydrogens is 225 g/mol. The molecule has 0 unspecified atom stereocenters. The van der Waals surface area contributed by atoms with Gasteiger partial charge in [-0.1, -0.05) is 0 Å². The molecule has 7 heteroatoms. The third-order valence-electron chi connectivity index (χ3n) is 1.20. The summed E-state index contributed by atoms with van der Waals surface area (Å²) in [6, 6.07) is 0. The van der Waals surface area contributed by atoms with Crippen LogP contribution in [0.5, 0.6) is 0 Å². The first-order valence-corrected chi connectivity index (χ1v) is 4.13. The van der Waals surface area contributed by atoms with E-state index in [1.807, 2.05) is 0 Å². The van der Waals surface area contributed by atoms with Gasteiger partial charge in [0.2, 0.25) is 0 Å². The molecule has 13 heavy (non-hydrogen) atoms. The highest BCUT2D eigenvalue weighted by Gasteiger charge is 2.33. The molecule has 0 atom stereocenters. The third kappa shape index (κ3) is 3.50. The molecule has 2 N–H and O–H groups in total. The van der Waals surface area contributed by atoms with Gasteiger partial charge in [0, 0.05) is 11.8 Å². The van der Waals surface area contributed by atoms with E-state index in [1.54, 1.807) is 0 Å². The molecule has 1 rings (SSSR count). The van der Waals surface area contributed by atoms with Crippen LogP contribution in [0.1, 0.15) is 10.7 Å². The van der Waals surface area contributed by atoms with Crippen LogP contribution in [0.3, 0.4) is 0 Å². The number of nitrogens with two attached hydrogens (primary N) is 1. The van der Waals surface area contributed by atoms with Crippen molar-refractivity contribution >= 4 is 23.7 Å². The van der Waals surface area contributed by atoms with Gasteiger partial charge < -0.3 is 5.73 Å². The largest absolute Gasteiger partial charge is 0.434 e. The Morgan fingerprint density at radius 3 is 2.46 bits per heavy atom. The summed E-state index contributed by atoms with van der Waals surface area (Å²) in [4.78, 5) is 3.38.